The molecule has 0 fully saturated rings. The van der Waals surface area contributed by atoms with Crippen LogP contribution in [0.25, 0.3) is 0 Å². The van der Waals surface area contributed by atoms with Crippen LogP contribution in [-0.4, -0.2) is 33.0 Å². The second-order valence-electron chi connectivity index (χ2n) is 3.73. The predicted molar refractivity (Wildman–Crippen MR) is 55.1 cm³/mol. The number of hydrogen-bond donors (Lipinski definition) is 0. The minimum absolute atomic E-state index is 0.231. The highest BCUT2D eigenvalue weighted by Crippen LogP contribution is 2.39. The van der Waals surface area contributed by atoms with Crippen LogP contribution in [0.1, 0.15) is 6.92 Å². The summed E-state index contributed by atoms with van der Waals surface area (Å²) in [5.74, 6) is -1.35. The topological polar surface area (TPSA) is 46.6 Å². The summed E-state index contributed by atoms with van der Waals surface area (Å²) in [7, 11) is -1.56. The molecule has 1 rings (SSSR count). The van der Waals surface area contributed by atoms with Crippen molar-refractivity contribution in [1.29, 1.82) is 0 Å². The van der Waals surface area contributed by atoms with Gasteiger partial charge in [-0.3, -0.25) is 0 Å². The first-order chi connectivity index (χ1) is 7.55. The van der Waals surface area contributed by atoms with E-state index in [4.69, 9.17) is 0 Å². The summed E-state index contributed by atoms with van der Waals surface area (Å²) < 4.78 is 65.5. The number of halogens is 3. The zero-order chi connectivity index (χ0) is 13.4. The molecule has 8 heteroatoms. The Morgan fingerprint density at radius 1 is 1.29 bits per heavy atom. The summed E-state index contributed by atoms with van der Waals surface area (Å²) in [4.78, 5) is 0. The first-order valence-corrected chi connectivity index (χ1v) is 6.03. The molecule has 98 valence electrons. The molecular weight excluding hydrogens is 259 g/mol. The van der Waals surface area contributed by atoms with Crippen molar-refractivity contribution in [1.82, 2.24) is 4.31 Å². The van der Waals surface area contributed by atoms with Crippen LogP contribution in [0.15, 0.2) is 23.5 Å². The molecule has 0 saturated carbocycles. The van der Waals surface area contributed by atoms with Gasteiger partial charge in [-0.15, -0.1) is 0 Å². The van der Waals surface area contributed by atoms with E-state index in [1.54, 1.807) is 0 Å². The molecule has 0 radical (unpaired) electrons. The van der Waals surface area contributed by atoms with Crippen LogP contribution in [0.2, 0.25) is 0 Å². The van der Waals surface area contributed by atoms with Crippen LogP contribution in [0.3, 0.4) is 0 Å². The lowest BCUT2D eigenvalue weighted by atomic mass is 10.0. The van der Waals surface area contributed by atoms with E-state index in [2.05, 4.69) is 4.18 Å². The number of allylic oxidation sites excluding steroid dienone is 3. The zero-order valence-corrected chi connectivity index (χ0v) is 10.3. The first-order valence-electron chi connectivity index (χ1n) is 4.66. The van der Waals surface area contributed by atoms with Gasteiger partial charge in [-0.05, 0) is 12.2 Å². The lowest BCUT2D eigenvalue weighted by molar-refractivity contribution is -0.0972. The molecular formula is C9H12F3NO3S. The summed E-state index contributed by atoms with van der Waals surface area (Å²) in [6.45, 7) is 1.24. The van der Waals surface area contributed by atoms with Crippen LogP contribution in [0, 0.1) is 5.92 Å². The van der Waals surface area contributed by atoms with Gasteiger partial charge in [0.25, 0.3) is 0 Å². The van der Waals surface area contributed by atoms with Crippen molar-refractivity contribution in [2.45, 2.75) is 13.1 Å². The van der Waals surface area contributed by atoms with E-state index in [0.29, 0.717) is 0 Å². The van der Waals surface area contributed by atoms with Crippen molar-refractivity contribution < 1.29 is 25.8 Å². The van der Waals surface area contributed by atoms with E-state index < -0.39 is 28.0 Å². The number of rotatable bonds is 3. The van der Waals surface area contributed by atoms with Crippen LogP contribution in [-0.2, 0) is 14.5 Å². The summed E-state index contributed by atoms with van der Waals surface area (Å²) in [5, 5.41) is 0. The predicted octanol–water partition coefficient (Wildman–Crippen LogP) is 1.83. The van der Waals surface area contributed by atoms with Gasteiger partial charge in [0.2, 0.25) is 0 Å². The molecule has 4 nitrogen and oxygen atoms in total. The first kappa shape index (κ1) is 14.0. The van der Waals surface area contributed by atoms with Gasteiger partial charge in [0.1, 0.15) is 5.76 Å². The molecule has 0 aromatic rings. The molecule has 1 atom stereocenters. The van der Waals surface area contributed by atoms with E-state index in [1.807, 2.05) is 0 Å². The number of alkyl halides is 3. The fourth-order valence-corrected chi connectivity index (χ4v) is 1.84. The number of nitrogens with zero attached hydrogens (tertiary/aromatic N) is 1. The molecule has 0 aromatic heterocycles. The van der Waals surface area contributed by atoms with E-state index in [-0.39, 0.29) is 5.76 Å². The third-order valence-electron chi connectivity index (χ3n) is 2.30. The molecule has 0 amide bonds. The normalized spacial score (nSPS) is 21.5. The Morgan fingerprint density at radius 3 is 2.18 bits per heavy atom. The molecule has 0 saturated heterocycles. The Bertz CT molecular complexity index is 462. The maximum absolute atomic E-state index is 12.5. The Labute approximate surface area is 97.6 Å². The largest absolute Gasteiger partial charge is 0.413 e. The van der Waals surface area contributed by atoms with Crippen molar-refractivity contribution in [3.63, 3.8) is 0 Å². The van der Waals surface area contributed by atoms with Crippen LogP contribution in [0.4, 0.5) is 13.2 Å². The molecule has 0 aliphatic heterocycles. The molecule has 0 bridgehead atoms. The molecule has 0 spiro atoms. The lowest BCUT2D eigenvalue weighted by Gasteiger charge is -2.18. The summed E-state index contributed by atoms with van der Waals surface area (Å²) in [5.41, 5.74) is -0.818. The van der Waals surface area contributed by atoms with Gasteiger partial charge < -0.3 is 4.18 Å². The monoisotopic (exact) mass is 271 g/mol. The third kappa shape index (κ3) is 3.01. The van der Waals surface area contributed by atoms with Crippen molar-refractivity contribution in [3.8, 4) is 0 Å². The van der Waals surface area contributed by atoms with Crippen molar-refractivity contribution in [2.24, 2.45) is 5.92 Å². The highest BCUT2D eigenvalue weighted by Gasteiger charge is 2.41. The van der Waals surface area contributed by atoms with Crippen molar-refractivity contribution >= 4 is 10.3 Å². The molecule has 0 aromatic carbocycles. The second kappa shape index (κ2) is 4.34. The molecule has 0 N–H and O–H groups in total. The molecule has 17 heavy (non-hydrogen) atoms. The molecule has 1 aliphatic rings. The van der Waals surface area contributed by atoms with Gasteiger partial charge in [0, 0.05) is 25.6 Å². The van der Waals surface area contributed by atoms with Gasteiger partial charge in [0.15, 0.2) is 0 Å². The van der Waals surface area contributed by atoms with E-state index in [9.17, 15) is 21.6 Å². The van der Waals surface area contributed by atoms with Gasteiger partial charge in [-0.2, -0.15) is 25.9 Å². The maximum atomic E-state index is 12.5. The summed E-state index contributed by atoms with van der Waals surface area (Å²) in [6, 6.07) is 0. The maximum Gasteiger partial charge on any atom is 0.413 e. The Hall–Kier alpha value is -1.02. The Kier molecular flexibility index (Phi) is 3.58. The molecule has 0 heterocycles. The Morgan fingerprint density at radius 2 is 1.82 bits per heavy atom. The second-order valence-corrected chi connectivity index (χ2v) is 5.49. The fraction of sp³-hybridized carbons (Fsp3) is 0.556. The lowest BCUT2D eigenvalue weighted by Crippen LogP contribution is -2.26. The third-order valence-corrected chi connectivity index (χ3v) is 3.59. The van der Waals surface area contributed by atoms with Crippen LogP contribution < -0.4 is 0 Å². The average Bonchev–Trinajstić information content (AvgIpc) is 2.46. The van der Waals surface area contributed by atoms with E-state index >= 15 is 0 Å². The fourth-order valence-electron chi connectivity index (χ4n) is 1.25. The van der Waals surface area contributed by atoms with Crippen molar-refractivity contribution in [3.05, 3.63) is 23.5 Å². The smallest absolute Gasteiger partial charge is 0.375 e. The quantitative estimate of drug-likeness (QED) is 0.786. The van der Waals surface area contributed by atoms with Crippen molar-refractivity contribution in [2.75, 3.05) is 14.1 Å². The van der Waals surface area contributed by atoms with Gasteiger partial charge in [-0.25, -0.2) is 0 Å². The SMILES string of the molecule is CC1C(OS(=O)(=O)N(C)C)=CC=C1C(F)(F)F. The minimum atomic E-state index is -4.48. The standard InChI is InChI=1S/C9H12F3NO3S/c1-6-7(9(10,11)12)4-5-8(6)16-17(14,15)13(2)3/h4-6H,1-3H3. The van der Waals surface area contributed by atoms with Gasteiger partial charge in [0.05, 0.1) is 0 Å². The van der Waals surface area contributed by atoms with E-state index in [0.717, 1.165) is 16.5 Å². The van der Waals surface area contributed by atoms with Crippen LogP contribution in [0.5, 0.6) is 0 Å². The molecule has 1 aliphatic carbocycles. The minimum Gasteiger partial charge on any atom is -0.375 e. The van der Waals surface area contributed by atoms with Crippen LogP contribution >= 0.6 is 0 Å². The zero-order valence-electron chi connectivity index (χ0n) is 9.45. The summed E-state index contributed by atoms with van der Waals surface area (Å²) >= 11 is 0. The summed E-state index contributed by atoms with van der Waals surface area (Å²) in [6.07, 6.45) is -2.64. The van der Waals surface area contributed by atoms with E-state index in [1.165, 1.54) is 21.0 Å². The highest BCUT2D eigenvalue weighted by atomic mass is 32.2. The average molecular weight is 271 g/mol. The highest BCUT2D eigenvalue weighted by molar-refractivity contribution is 7.84. The molecule has 1 unspecified atom stereocenters. The Balaban J connectivity index is 2.83. The number of hydrogen-bond acceptors (Lipinski definition) is 3. The van der Waals surface area contributed by atoms with Gasteiger partial charge in [-0.1, -0.05) is 6.92 Å². The van der Waals surface area contributed by atoms with Gasteiger partial charge >= 0.3 is 16.5 Å².